The van der Waals surface area contributed by atoms with E-state index in [9.17, 15) is 8.78 Å². The molecule has 0 spiro atoms. The summed E-state index contributed by atoms with van der Waals surface area (Å²) in [6, 6.07) is 9.13. The maximum absolute atomic E-state index is 12.5. The van der Waals surface area contributed by atoms with Crippen LogP contribution in [0.1, 0.15) is 22.4 Å². The molecule has 2 aromatic rings. The summed E-state index contributed by atoms with van der Waals surface area (Å²) >= 11 is 0. The minimum absolute atomic E-state index is 0.166. The summed E-state index contributed by atoms with van der Waals surface area (Å²) in [6.45, 7) is 2.01. The third-order valence-electron chi connectivity index (χ3n) is 3.78. The third-order valence-corrected chi connectivity index (χ3v) is 3.78. The van der Waals surface area contributed by atoms with Gasteiger partial charge in [-0.05, 0) is 38.0 Å². The fraction of sp³-hybridized carbons (Fsp3) is 0.368. The zero-order valence-corrected chi connectivity index (χ0v) is 15.2. The van der Waals surface area contributed by atoms with E-state index in [0.717, 1.165) is 23.2 Å². The number of aromatic nitrogens is 1. The lowest BCUT2D eigenvalue weighted by Gasteiger charge is -2.15. The van der Waals surface area contributed by atoms with E-state index in [1.54, 1.807) is 19.2 Å². The van der Waals surface area contributed by atoms with Crippen LogP contribution in [-0.2, 0) is 13.0 Å². The molecule has 0 saturated carbocycles. The lowest BCUT2D eigenvalue weighted by molar-refractivity contribution is -0.0504. The van der Waals surface area contributed by atoms with Crippen LogP contribution in [0, 0.1) is 13.8 Å². The smallest absolute Gasteiger partial charge is 0.387 e. The van der Waals surface area contributed by atoms with Gasteiger partial charge in [-0.15, -0.1) is 0 Å². The second kappa shape index (κ2) is 9.70. The summed E-state index contributed by atoms with van der Waals surface area (Å²) in [5.74, 6) is 0.758. The van der Waals surface area contributed by atoms with Crippen molar-refractivity contribution in [3.8, 4) is 5.75 Å². The van der Waals surface area contributed by atoms with Gasteiger partial charge in [-0.3, -0.25) is 9.98 Å². The molecule has 0 aliphatic heterocycles. The largest absolute Gasteiger partial charge is 0.434 e. The van der Waals surface area contributed by atoms with Gasteiger partial charge in [-0.1, -0.05) is 23.8 Å². The molecule has 0 radical (unpaired) electrons. The van der Waals surface area contributed by atoms with E-state index >= 15 is 0 Å². The van der Waals surface area contributed by atoms with Crippen LogP contribution in [-0.4, -0.2) is 31.1 Å². The highest BCUT2D eigenvalue weighted by atomic mass is 19.3. The summed E-state index contributed by atoms with van der Waals surface area (Å²) in [7, 11) is 1.66. The van der Waals surface area contributed by atoms with Crippen molar-refractivity contribution in [2.75, 3.05) is 13.6 Å². The van der Waals surface area contributed by atoms with E-state index in [0.29, 0.717) is 24.6 Å². The van der Waals surface area contributed by atoms with Crippen molar-refractivity contribution in [2.24, 2.45) is 4.99 Å². The molecule has 0 aliphatic rings. The number of rotatable bonds is 7. The highest BCUT2D eigenvalue weighted by Gasteiger charge is 2.10. The number of hydrogen-bond donors (Lipinski definition) is 2. The van der Waals surface area contributed by atoms with Gasteiger partial charge in [0.25, 0.3) is 0 Å². The number of ether oxygens (including phenoxy) is 1. The van der Waals surface area contributed by atoms with Crippen LogP contribution in [0.15, 0.2) is 41.5 Å². The minimum atomic E-state index is -2.85. The molecule has 0 aliphatic carbocycles. The summed E-state index contributed by atoms with van der Waals surface area (Å²) < 4.78 is 29.6. The number of pyridine rings is 1. The second-order valence-electron chi connectivity index (χ2n) is 5.90. The molecule has 5 nitrogen and oxygen atoms in total. The van der Waals surface area contributed by atoms with E-state index in [1.165, 1.54) is 0 Å². The molecule has 1 heterocycles. The van der Waals surface area contributed by atoms with E-state index in [1.807, 2.05) is 38.2 Å². The van der Waals surface area contributed by atoms with Crippen LogP contribution < -0.4 is 15.4 Å². The van der Waals surface area contributed by atoms with Crippen LogP contribution in [0.5, 0.6) is 5.75 Å². The van der Waals surface area contributed by atoms with E-state index in [4.69, 9.17) is 0 Å². The molecular formula is C19H24F2N4O. The number of benzene rings is 1. The average Bonchev–Trinajstić information content (AvgIpc) is 2.61. The van der Waals surface area contributed by atoms with Crippen LogP contribution in [0.25, 0.3) is 0 Å². The molecule has 0 atom stereocenters. The van der Waals surface area contributed by atoms with Gasteiger partial charge in [0.1, 0.15) is 5.75 Å². The number of alkyl halides is 2. The summed E-state index contributed by atoms with van der Waals surface area (Å²) in [5, 5.41) is 6.32. The first kappa shape index (κ1) is 19.6. The van der Waals surface area contributed by atoms with Crippen LogP contribution in [0.3, 0.4) is 0 Å². The second-order valence-corrected chi connectivity index (χ2v) is 5.90. The lowest BCUT2D eigenvalue weighted by Crippen LogP contribution is -2.38. The summed E-state index contributed by atoms with van der Waals surface area (Å²) in [4.78, 5) is 8.42. The topological polar surface area (TPSA) is 58.5 Å². The fourth-order valence-corrected chi connectivity index (χ4v) is 2.43. The molecule has 2 rings (SSSR count). The Bertz CT molecular complexity index is 733. The quantitative estimate of drug-likeness (QED) is 0.587. The van der Waals surface area contributed by atoms with Crippen molar-refractivity contribution in [3.63, 3.8) is 0 Å². The number of aryl methyl sites for hydroxylation is 2. The molecule has 0 fully saturated rings. The zero-order chi connectivity index (χ0) is 18.9. The first-order valence-electron chi connectivity index (χ1n) is 8.38. The maximum atomic E-state index is 12.5. The monoisotopic (exact) mass is 362 g/mol. The zero-order valence-electron chi connectivity index (χ0n) is 15.2. The van der Waals surface area contributed by atoms with Crippen molar-refractivity contribution in [1.29, 1.82) is 0 Å². The van der Waals surface area contributed by atoms with Gasteiger partial charge in [-0.25, -0.2) is 0 Å². The Morgan fingerprint density at radius 2 is 2.00 bits per heavy atom. The van der Waals surface area contributed by atoms with Gasteiger partial charge in [0, 0.05) is 37.6 Å². The molecule has 26 heavy (non-hydrogen) atoms. The molecular weight excluding hydrogens is 338 g/mol. The number of nitrogens with zero attached hydrogens (tertiary/aromatic N) is 2. The molecule has 140 valence electrons. The van der Waals surface area contributed by atoms with E-state index < -0.39 is 6.61 Å². The molecule has 0 saturated heterocycles. The van der Waals surface area contributed by atoms with Crippen LogP contribution in [0.2, 0.25) is 0 Å². The summed E-state index contributed by atoms with van der Waals surface area (Å²) in [5.41, 5.74) is 3.73. The number of hydrogen-bond acceptors (Lipinski definition) is 3. The van der Waals surface area contributed by atoms with E-state index in [2.05, 4.69) is 25.3 Å². The van der Waals surface area contributed by atoms with Crippen LogP contribution in [0.4, 0.5) is 8.78 Å². The van der Waals surface area contributed by atoms with Gasteiger partial charge in [0.15, 0.2) is 5.96 Å². The number of halogens is 2. The predicted molar refractivity (Wildman–Crippen MR) is 98.7 cm³/mol. The first-order valence-corrected chi connectivity index (χ1v) is 8.38. The number of aliphatic imine (C=N–C) groups is 1. The maximum Gasteiger partial charge on any atom is 0.387 e. The molecule has 1 aromatic heterocycles. The SMILES string of the molecule is CN=C(NCCc1ccc(C)nc1)NCc1cc(C)ccc1OC(F)F. The van der Waals surface area contributed by atoms with Gasteiger partial charge in [0.2, 0.25) is 0 Å². The fourth-order valence-electron chi connectivity index (χ4n) is 2.43. The Morgan fingerprint density at radius 3 is 2.65 bits per heavy atom. The highest BCUT2D eigenvalue weighted by Crippen LogP contribution is 2.21. The summed E-state index contributed by atoms with van der Waals surface area (Å²) in [6.07, 6.45) is 2.66. The molecule has 0 bridgehead atoms. The van der Waals surface area contributed by atoms with Crippen LogP contribution >= 0.6 is 0 Å². The molecule has 0 unspecified atom stereocenters. The number of guanidine groups is 1. The normalized spacial score (nSPS) is 11.5. The predicted octanol–water partition coefficient (Wildman–Crippen LogP) is 3.21. The van der Waals surface area contributed by atoms with Crippen molar-refractivity contribution < 1.29 is 13.5 Å². The van der Waals surface area contributed by atoms with Gasteiger partial charge in [0.05, 0.1) is 0 Å². The first-order chi connectivity index (χ1) is 12.5. The molecule has 7 heteroatoms. The highest BCUT2D eigenvalue weighted by molar-refractivity contribution is 5.79. The van der Waals surface area contributed by atoms with E-state index in [-0.39, 0.29) is 5.75 Å². The third kappa shape index (κ3) is 6.31. The standard InChI is InChI=1S/C19H24F2N4O/c1-13-4-7-17(26-18(20)21)16(10-13)12-25-19(22-3)23-9-8-15-6-5-14(2)24-11-15/h4-7,10-11,18H,8-9,12H2,1-3H3,(H2,22,23,25). The van der Waals surface area contributed by atoms with Crippen molar-refractivity contribution in [3.05, 3.63) is 58.9 Å². The minimum Gasteiger partial charge on any atom is -0.434 e. The van der Waals surface area contributed by atoms with Crippen molar-refractivity contribution >= 4 is 5.96 Å². The Hall–Kier alpha value is -2.70. The lowest BCUT2D eigenvalue weighted by atomic mass is 10.1. The van der Waals surface area contributed by atoms with Crippen molar-refractivity contribution in [1.82, 2.24) is 15.6 Å². The molecule has 1 aromatic carbocycles. The van der Waals surface area contributed by atoms with Crippen molar-refractivity contribution in [2.45, 2.75) is 33.4 Å². The average molecular weight is 362 g/mol. The molecule has 0 amide bonds. The Labute approximate surface area is 152 Å². The Morgan fingerprint density at radius 1 is 1.19 bits per heavy atom. The van der Waals surface area contributed by atoms with Gasteiger partial charge < -0.3 is 15.4 Å². The Balaban J connectivity index is 1.88. The number of nitrogens with one attached hydrogen (secondary N) is 2. The Kier molecular flexibility index (Phi) is 7.32. The van der Waals surface area contributed by atoms with Gasteiger partial charge in [-0.2, -0.15) is 8.78 Å². The van der Waals surface area contributed by atoms with Gasteiger partial charge >= 0.3 is 6.61 Å². The molecule has 2 N–H and O–H groups in total.